The lowest BCUT2D eigenvalue weighted by Gasteiger charge is -2.36. The lowest BCUT2D eigenvalue weighted by molar-refractivity contribution is -0.120. The zero-order chi connectivity index (χ0) is 23.4. The molecule has 2 aromatic rings. The van der Waals surface area contributed by atoms with E-state index in [9.17, 15) is 9.59 Å². The third-order valence-electron chi connectivity index (χ3n) is 6.14. The van der Waals surface area contributed by atoms with Gasteiger partial charge in [-0.2, -0.15) is 0 Å². The Morgan fingerprint density at radius 1 is 0.848 bits per heavy atom. The van der Waals surface area contributed by atoms with Gasteiger partial charge in [-0.3, -0.25) is 9.59 Å². The quantitative estimate of drug-likeness (QED) is 0.576. The normalized spacial score (nSPS) is 17.2. The number of nitrogens with zero attached hydrogens (tertiary/aromatic N) is 3. The molecule has 7 nitrogen and oxygen atoms in total. The van der Waals surface area contributed by atoms with Crippen LogP contribution in [0.1, 0.15) is 25.8 Å². The van der Waals surface area contributed by atoms with E-state index in [1.54, 1.807) is 19.2 Å². The van der Waals surface area contributed by atoms with E-state index < -0.39 is 0 Å². The molecule has 1 fully saturated rings. The highest BCUT2D eigenvalue weighted by Crippen LogP contribution is 2.41. The summed E-state index contributed by atoms with van der Waals surface area (Å²) in [6, 6.07) is 14.6. The smallest absolute Gasteiger partial charge is 0.282 e. The summed E-state index contributed by atoms with van der Waals surface area (Å²) in [5.74, 6) is 0.413. The minimum Gasteiger partial charge on any atom is -0.496 e. The maximum Gasteiger partial charge on any atom is 0.282 e. The lowest BCUT2D eigenvalue weighted by Crippen LogP contribution is -2.47. The van der Waals surface area contributed by atoms with Crippen molar-refractivity contribution in [1.82, 2.24) is 9.80 Å². The van der Waals surface area contributed by atoms with Gasteiger partial charge < -0.3 is 19.3 Å². The summed E-state index contributed by atoms with van der Waals surface area (Å²) in [6.45, 7) is 8.68. The molecule has 2 aliphatic heterocycles. The number of carbonyl (C=O) groups excluding carboxylic acids is 2. The predicted octanol–water partition coefficient (Wildman–Crippen LogP) is 3.41. The van der Waals surface area contributed by atoms with Crippen LogP contribution in [0.5, 0.6) is 11.5 Å². The molecule has 0 atom stereocenters. The number of anilines is 1. The Bertz CT molecular complexity index is 1060. The third kappa shape index (κ3) is 4.33. The van der Waals surface area contributed by atoms with Gasteiger partial charge in [0, 0.05) is 31.7 Å². The average molecular weight is 450 g/mol. The Morgan fingerprint density at radius 3 is 2.18 bits per heavy atom. The second-order valence-corrected chi connectivity index (χ2v) is 8.11. The number of piperazine rings is 1. The number of benzene rings is 2. The first-order valence-electron chi connectivity index (χ1n) is 11.6. The largest absolute Gasteiger partial charge is 0.496 e. The second kappa shape index (κ2) is 10.1. The SMILES string of the molecule is CCCOc1ccccc1N1C(=O)C(c2ccccc2OC)=C(N2CCN(CC)CC2)C1=O. The average Bonchev–Trinajstić information content (AvgIpc) is 3.12. The molecular formula is C26H31N3O4. The Hall–Kier alpha value is -3.32. The topological polar surface area (TPSA) is 62.3 Å². The molecule has 174 valence electrons. The molecule has 4 rings (SSSR count). The van der Waals surface area contributed by atoms with E-state index in [0.717, 1.165) is 26.1 Å². The molecule has 0 spiro atoms. The highest BCUT2D eigenvalue weighted by atomic mass is 16.5. The molecule has 0 N–H and O–H groups in total. The minimum atomic E-state index is -0.357. The summed E-state index contributed by atoms with van der Waals surface area (Å²) >= 11 is 0. The van der Waals surface area contributed by atoms with E-state index in [1.807, 2.05) is 48.2 Å². The van der Waals surface area contributed by atoms with Crippen molar-refractivity contribution >= 4 is 23.1 Å². The number of amides is 2. The van der Waals surface area contributed by atoms with Gasteiger partial charge in [-0.1, -0.05) is 44.2 Å². The van der Waals surface area contributed by atoms with Crippen molar-refractivity contribution in [1.29, 1.82) is 0 Å². The number of hydrogen-bond donors (Lipinski definition) is 0. The molecular weight excluding hydrogens is 418 g/mol. The molecule has 2 aliphatic rings. The van der Waals surface area contributed by atoms with Crippen LogP contribution in [0.25, 0.3) is 5.57 Å². The van der Waals surface area contributed by atoms with Crippen LogP contribution in [-0.4, -0.2) is 68.1 Å². The number of methoxy groups -OCH3 is 1. The van der Waals surface area contributed by atoms with Crippen molar-refractivity contribution < 1.29 is 19.1 Å². The van der Waals surface area contributed by atoms with Crippen molar-refractivity contribution in [2.24, 2.45) is 0 Å². The summed E-state index contributed by atoms with van der Waals surface area (Å²) in [7, 11) is 1.58. The molecule has 0 saturated carbocycles. The third-order valence-corrected chi connectivity index (χ3v) is 6.14. The van der Waals surface area contributed by atoms with Crippen LogP contribution in [0, 0.1) is 0 Å². The second-order valence-electron chi connectivity index (χ2n) is 8.11. The van der Waals surface area contributed by atoms with Gasteiger partial charge in [-0.15, -0.1) is 0 Å². The number of carbonyl (C=O) groups is 2. The number of rotatable bonds is 8. The molecule has 0 bridgehead atoms. The van der Waals surface area contributed by atoms with Gasteiger partial charge in [-0.05, 0) is 31.2 Å². The molecule has 2 amide bonds. The monoisotopic (exact) mass is 449 g/mol. The zero-order valence-corrected chi connectivity index (χ0v) is 19.5. The first-order valence-corrected chi connectivity index (χ1v) is 11.6. The molecule has 2 aromatic carbocycles. The van der Waals surface area contributed by atoms with Gasteiger partial charge in [0.2, 0.25) is 0 Å². The minimum absolute atomic E-state index is 0.321. The number of para-hydroxylation sites is 3. The Labute approximate surface area is 195 Å². The summed E-state index contributed by atoms with van der Waals surface area (Å²) in [6.07, 6.45) is 0.827. The molecule has 0 aromatic heterocycles. The maximum absolute atomic E-state index is 13.9. The molecule has 2 heterocycles. The van der Waals surface area contributed by atoms with Crippen molar-refractivity contribution in [3.8, 4) is 11.5 Å². The van der Waals surface area contributed by atoms with Crippen LogP contribution in [0.2, 0.25) is 0 Å². The predicted molar refractivity (Wildman–Crippen MR) is 128 cm³/mol. The van der Waals surface area contributed by atoms with Crippen molar-refractivity contribution in [3.63, 3.8) is 0 Å². The number of likely N-dealkylation sites (N-methyl/N-ethyl adjacent to an activating group) is 1. The fourth-order valence-corrected chi connectivity index (χ4v) is 4.39. The van der Waals surface area contributed by atoms with Crippen molar-refractivity contribution in [2.45, 2.75) is 20.3 Å². The Balaban J connectivity index is 1.81. The highest BCUT2D eigenvalue weighted by Gasteiger charge is 2.44. The van der Waals surface area contributed by atoms with Crippen LogP contribution < -0.4 is 14.4 Å². The standard InChI is InChI=1S/C26H31N3O4/c1-4-18-33-22-13-9-7-11-20(22)29-25(30)23(19-10-6-8-12-21(19)32-3)24(26(29)31)28-16-14-27(5-2)15-17-28/h6-13H,4-5,14-18H2,1-3H3. The maximum atomic E-state index is 13.9. The highest BCUT2D eigenvalue weighted by molar-refractivity contribution is 6.46. The molecule has 0 aliphatic carbocycles. The zero-order valence-electron chi connectivity index (χ0n) is 19.5. The summed E-state index contributed by atoms with van der Waals surface area (Å²) in [5, 5.41) is 0. The van der Waals surface area contributed by atoms with Gasteiger partial charge in [0.25, 0.3) is 11.8 Å². The van der Waals surface area contributed by atoms with Crippen LogP contribution >= 0.6 is 0 Å². The number of ether oxygens (including phenoxy) is 2. The molecule has 7 heteroatoms. The van der Waals surface area contributed by atoms with Gasteiger partial charge in [0.1, 0.15) is 17.2 Å². The lowest BCUT2D eigenvalue weighted by atomic mass is 10.0. The Morgan fingerprint density at radius 2 is 1.52 bits per heavy atom. The van der Waals surface area contributed by atoms with E-state index in [-0.39, 0.29) is 11.8 Å². The molecule has 33 heavy (non-hydrogen) atoms. The summed E-state index contributed by atoms with van der Waals surface area (Å²) in [4.78, 5) is 33.4. The first kappa shape index (κ1) is 22.9. The molecule has 0 radical (unpaired) electrons. The fraction of sp³-hybridized carbons (Fsp3) is 0.385. The van der Waals surface area contributed by atoms with Crippen LogP contribution in [0.3, 0.4) is 0 Å². The first-order chi connectivity index (χ1) is 16.1. The van der Waals surface area contributed by atoms with Gasteiger partial charge in [-0.25, -0.2) is 4.90 Å². The van der Waals surface area contributed by atoms with Gasteiger partial charge in [0.05, 0.1) is 25.0 Å². The van der Waals surface area contributed by atoms with Crippen LogP contribution in [0.15, 0.2) is 54.2 Å². The van der Waals surface area contributed by atoms with Crippen LogP contribution in [0.4, 0.5) is 5.69 Å². The molecule has 0 unspecified atom stereocenters. The van der Waals surface area contributed by atoms with Gasteiger partial charge >= 0.3 is 0 Å². The summed E-state index contributed by atoms with van der Waals surface area (Å²) in [5.41, 5.74) is 1.91. The van der Waals surface area contributed by atoms with E-state index in [2.05, 4.69) is 11.8 Å². The van der Waals surface area contributed by atoms with E-state index in [1.165, 1.54) is 4.90 Å². The van der Waals surface area contributed by atoms with Gasteiger partial charge in [0.15, 0.2) is 0 Å². The van der Waals surface area contributed by atoms with Crippen molar-refractivity contribution in [3.05, 3.63) is 59.8 Å². The number of hydrogen-bond acceptors (Lipinski definition) is 6. The van der Waals surface area contributed by atoms with E-state index in [4.69, 9.17) is 9.47 Å². The fourth-order valence-electron chi connectivity index (χ4n) is 4.39. The Kier molecular flexibility index (Phi) is 6.99. The van der Waals surface area contributed by atoms with Crippen molar-refractivity contribution in [2.75, 3.05) is 51.3 Å². The van der Waals surface area contributed by atoms with Crippen LogP contribution in [-0.2, 0) is 9.59 Å². The number of imide groups is 1. The summed E-state index contributed by atoms with van der Waals surface area (Å²) < 4.78 is 11.4. The van der Waals surface area contributed by atoms with E-state index >= 15 is 0 Å². The molecule has 1 saturated heterocycles. The van der Waals surface area contributed by atoms with E-state index in [0.29, 0.717) is 53.7 Å².